The second kappa shape index (κ2) is 7.61. The normalized spacial score (nSPS) is 12.2. The minimum Gasteiger partial charge on any atom is -0.398 e. The summed E-state index contributed by atoms with van der Waals surface area (Å²) in [6, 6.07) is 6.52. The Morgan fingerprint density at radius 2 is 1.85 bits per heavy atom. The van der Waals surface area contributed by atoms with Crippen LogP contribution in [0.15, 0.2) is 29.2 Å². The van der Waals surface area contributed by atoms with Gasteiger partial charge in [0.15, 0.2) is 0 Å². The second-order valence-electron chi connectivity index (χ2n) is 4.62. The van der Waals surface area contributed by atoms with Crippen LogP contribution in [0, 0.1) is 0 Å². The van der Waals surface area contributed by atoms with Crippen LogP contribution in [0.4, 0.5) is 5.69 Å². The summed E-state index contributed by atoms with van der Waals surface area (Å²) in [5.74, 6) is 0. The summed E-state index contributed by atoms with van der Waals surface area (Å²) < 4.78 is 32.2. The molecule has 0 aliphatic rings. The van der Waals surface area contributed by atoms with Gasteiger partial charge in [0.25, 0.3) is 0 Å². The third-order valence-electron chi connectivity index (χ3n) is 3.37. The van der Waals surface area contributed by atoms with Gasteiger partial charge in [0, 0.05) is 19.7 Å². The van der Waals surface area contributed by atoms with Crippen LogP contribution in [0.3, 0.4) is 0 Å². The maximum absolute atomic E-state index is 12.8. The Morgan fingerprint density at radius 3 is 2.35 bits per heavy atom. The Bertz CT molecular complexity index is 513. The van der Waals surface area contributed by atoms with Gasteiger partial charge in [0.05, 0.1) is 12.3 Å². The third kappa shape index (κ3) is 3.71. The quantitative estimate of drug-likeness (QED) is 0.746. The zero-order chi connectivity index (χ0) is 15.2. The van der Waals surface area contributed by atoms with E-state index in [0.29, 0.717) is 13.2 Å². The van der Waals surface area contributed by atoms with Crippen molar-refractivity contribution >= 4 is 15.7 Å². The number of para-hydroxylation sites is 1. The minimum absolute atomic E-state index is 0.0465. The molecule has 0 aliphatic carbocycles. The van der Waals surface area contributed by atoms with Crippen LogP contribution >= 0.6 is 0 Å². The molecule has 0 heterocycles. The van der Waals surface area contributed by atoms with Gasteiger partial charge in [0.1, 0.15) is 4.90 Å². The van der Waals surface area contributed by atoms with Crippen LogP contribution in [-0.4, -0.2) is 39.0 Å². The van der Waals surface area contributed by atoms with E-state index in [1.165, 1.54) is 4.31 Å². The Labute approximate surface area is 121 Å². The highest BCUT2D eigenvalue weighted by atomic mass is 32.2. The molecule has 0 saturated carbocycles. The predicted molar refractivity (Wildman–Crippen MR) is 81.0 cm³/mol. The van der Waals surface area contributed by atoms with E-state index in [1.807, 2.05) is 13.8 Å². The van der Waals surface area contributed by atoms with Gasteiger partial charge in [-0.2, -0.15) is 4.31 Å². The fourth-order valence-corrected chi connectivity index (χ4v) is 4.09. The summed E-state index contributed by atoms with van der Waals surface area (Å²) in [4.78, 5) is 0.169. The first-order valence-corrected chi connectivity index (χ1v) is 8.28. The molecule has 0 amide bonds. The van der Waals surface area contributed by atoms with Crippen LogP contribution in [0.1, 0.15) is 26.7 Å². The molecule has 5 nitrogen and oxygen atoms in total. The Kier molecular flexibility index (Phi) is 6.45. The van der Waals surface area contributed by atoms with Crippen molar-refractivity contribution < 1.29 is 13.2 Å². The van der Waals surface area contributed by atoms with Crippen LogP contribution < -0.4 is 5.73 Å². The number of anilines is 1. The van der Waals surface area contributed by atoms with Gasteiger partial charge in [-0.1, -0.05) is 26.0 Å². The van der Waals surface area contributed by atoms with Crippen molar-refractivity contribution in [3.8, 4) is 0 Å². The number of hydrogen-bond donors (Lipinski definition) is 1. The monoisotopic (exact) mass is 300 g/mol. The zero-order valence-corrected chi connectivity index (χ0v) is 13.2. The molecule has 0 saturated heterocycles. The average molecular weight is 300 g/mol. The van der Waals surface area contributed by atoms with E-state index in [-0.39, 0.29) is 16.6 Å². The van der Waals surface area contributed by atoms with Crippen LogP contribution in [0.5, 0.6) is 0 Å². The summed E-state index contributed by atoms with van der Waals surface area (Å²) in [7, 11) is -2.04. The van der Waals surface area contributed by atoms with E-state index in [9.17, 15) is 8.42 Å². The second-order valence-corrected chi connectivity index (χ2v) is 6.48. The van der Waals surface area contributed by atoms with Gasteiger partial charge >= 0.3 is 0 Å². The molecule has 1 rings (SSSR count). The molecule has 1 aromatic rings. The number of nitrogen functional groups attached to an aromatic ring is 1. The van der Waals surface area contributed by atoms with Crippen LogP contribution in [0.25, 0.3) is 0 Å². The van der Waals surface area contributed by atoms with Crippen molar-refractivity contribution in [1.82, 2.24) is 4.31 Å². The lowest BCUT2D eigenvalue weighted by Gasteiger charge is -2.29. The van der Waals surface area contributed by atoms with Gasteiger partial charge in [-0.3, -0.25) is 0 Å². The smallest absolute Gasteiger partial charge is 0.245 e. The SMILES string of the molecule is CCC(CC)N(CCOC)S(=O)(=O)c1ccccc1N. The van der Waals surface area contributed by atoms with Gasteiger partial charge in [-0.15, -0.1) is 0 Å². The molecular formula is C14H24N2O3S. The summed E-state index contributed by atoms with van der Waals surface area (Å²) in [6.07, 6.45) is 1.51. The molecule has 20 heavy (non-hydrogen) atoms. The van der Waals surface area contributed by atoms with E-state index >= 15 is 0 Å². The molecule has 6 heteroatoms. The highest BCUT2D eigenvalue weighted by Gasteiger charge is 2.30. The van der Waals surface area contributed by atoms with E-state index in [4.69, 9.17) is 10.5 Å². The van der Waals surface area contributed by atoms with E-state index in [1.54, 1.807) is 31.4 Å². The molecule has 0 radical (unpaired) electrons. The highest BCUT2D eigenvalue weighted by molar-refractivity contribution is 7.89. The molecule has 0 bridgehead atoms. The predicted octanol–water partition coefficient (Wildman–Crippen LogP) is 2.09. The van der Waals surface area contributed by atoms with Crippen molar-refractivity contribution in [2.24, 2.45) is 0 Å². The molecule has 0 spiro atoms. The van der Waals surface area contributed by atoms with Gasteiger partial charge in [-0.25, -0.2) is 8.42 Å². The summed E-state index contributed by atoms with van der Waals surface area (Å²) in [5, 5.41) is 0. The summed E-state index contributed by atoms with van der Waals surface area (Å²) >= 11 is 0. The molecule has 0 atom stereocenters. The number of rotatable bonds is 8. The minimum atomic E-state index is -3.60. The first-order chi connectivity index (χ1) is 9.48. The molecule has 0 aromatic heterocycles. The van der Waals surface area contributed by atoms with E-state index in [0.717, 1.165) is 12.8 Å². The Balaban J connectivity index is 3.20. The first-order valence-electron chi connectivity index (χ1n) is 6.84. The molecule has 114 valence electrons. The summed E-state index contributed by atoms with van der Waals surface area (Å²) in [5.41, 5.74) is 6.10. The van der Waals surface area contributed by atoms with Crippen molar-refractivity contribution in [2.45, 2.75) is 37.6 Å². The van der Waals surface area contributed by atoms with Gasteiger partial charge < -0.3 is 10.5 Å². The molecule has 0 unspecified atom stereocenters. The van der Waals surface area contributed by atoms with E-state index in [2.05, 4.69) is 0 Å². The number of nitrogens with zero attached hydrogens (tertiary/aromatic N) is 1. The fourth-order valence-electron chi connectivity index (χ4n) is 2.22. The number of sulfonamides is 1. The van der Waals surface area contributed by atoms with Crippen molar-refractivity contribution in [3.05, 3.63) is 24.3 Å². The number of ether oxygens (including phenoxy) is 1. The Morgan fingerprint density at radius 1 is 1.25 bits per heavy atom. The van der Waals surface area contributed by atoms with Gasteiger partial charge in [-0.05, 0) is 25.0 Å². The van der Waals surface area contributed by atoms with Crippen molar-refractivity contribution in [3.63, 3.8) is 0 Å². The number of benzene rings is 1. The topological polar surface area (TPSA) is 72.6 Å². The lowest BCUT2D eigenvalue weighted by atomic mass is 10.2. The third-order valence-corrected chi connectivity index (χ3v) is 5.40. The number of methoxy groups -OCH3 is 1. The van der Waals surface area contributed by atoms with E-state index < -0.39 is 10.0 Å². The molecule has 1 aromatic carbocycles. The number of hydrogen-bond acceptors (Lipinski definition) is 4. The molecule has 0 fully saturated rings. The fraction of sp³-hybridized carbons (Fsp3) is 0.571. The summed E-state index contributed by atoms with van der Waals surface area (Å²) in [6.45, 7) is 4.66. The van der Waals surface area contributed by atoms with Crippen molar-refractivity contribution in [1.29, 1.82) is 0 Å². The largest absolute Gasteiger partial charge is 0.398 e. The molecule has 2 N–H and O–H groups in total. The Hall–Kier alpha value is -1.11. The number of nitrogens with two attached hydrogens (primary N) is 1. The van der Waals surface area contributed by atoms with Crippen molar-refractivity contribution in [2.75, 3.05) is 26.0 Å². The maximum atomic E-state index is 12.8. The lowest BCUT2D eigenvalue weighted by Crippen LogP contribution is -2.41. The average Bonchev–Trinajstić information content (AvgIpc) is 2.43. The molecule has 0 aliphatic heterocycles. The van der Waals surface area contributed by atoms with Crippen LogP contribution in [-0.2, 0) is 14.8 Å². The molecular weight excluding hydrogens is 276 g/mol. The van der Waals surface area contributed by atoms with Crippen LogP contribution in [0.2, 0.25) is 0 Å². The standard InChI is InChI=1S/C14H24N2O3S/c1-4-12(5-2)16(10-11-19-3)20(17,18)14-9-7-6-8-13(14)15/h6-9,12H,4-5,10-11,15H2,1-3H3. The first kappa shape index (κ1) is 16.9. The zero-order valence-electron chi connectivity index (χ0n) is 12.4. The highest BCUT2D eigenvalue weighted by Crippen LogP contribution is 2.25. The van der Waals surface area contributed by atoms with Gasteiger partial charge in [0.2, 0.25) is 10.0 Å². The maximum Gasteiger partial charge on any atom is 0.245 e. The lowest BCUT2D eigenvalue weighted by molar-refractivity contribution is 0.163.